The van der Waals surface area contributed by atoms with E-state index in [-0.39, 0.29) is 17.6 Å². The first-order valence-corrected chi connectivity index (χ1v) is 6.38. The number of aryl methyl sites for hydroxylation is 1. The van der Waals surface area contributed by atoms with Gasteiger partial charge in [0.25, 0.3) is 0 Å². The summed E-state index contributed by atoms with van der Waals surface area (Å²) in [5.74, 6) is -1.34. The third kappa shape index (κ3) is 2.87. The predicted molar refractivity (Wildman–Crippen MR) is 72.1 cm³/mol. The van der Waals surface area contributed by atoms with E-state index in [0.29, 0.717) is 17.7 Å². The second-order valence-corrected chi connectivity index (χ2v) is 5.16. The van der Waals surface area contributed by atoms with E-state index < -0.39 is 11.8 Å². The molecule has 1 heterocycles. The Kier molecular flexibility index (Phi) is 3.88. The summed E-state index contributed by atoms with van der Waals surface area (Å²) >= 11 is 0. The standard InChI is InChI=1S/C15H16FNO3/c1-8(2)6-12-13(15(18)19)20-14(17-12)11-7-10(16)5-4-9(11)3/h4-5,7-8H,6H2,1-3H3,(H,18,19). The molecule has 0 bridgehead atoms. The molecule has 0 radical (unpaired) electrons. The van der Waals surface area contributed by atoms with Crippen LogP contribution in [0, 0.1) is 18.7 Å². The molecule has 0 amide bonds. The van der Waals surface area contributed by atoms with Crippen molar-refractivity contribution in [1.82, 2.24) is 4.98 Å². The highest BCUT2D eigenvalue weighted by atomic mass is 19.1. The zero-order valence-electron chi connectivity index (χ0n) is 11.6. The molecule has 0 fully saturated rings. The van der Waals surface area contributed by atoms with Gasteiger partial charge in [0.2, 0.25) is 11.7 Å². The summed E-state index contributed by atoms with van der Waals surface area (Å²) in [5, 5.41) is 9.15. The normalized spacial score (nSPS) is 11.1. The largest absolute Gasteiger partial charge is 0.475 e. The number of halogens is 1. The van der Waals surface area contributed by atoms with Gasteiger partial charge in [0.05, 0.1) is 5.69 Å². The number of carboxylic acids is 1. The number of aromatic carboxylic acids is 1. The molecule has 2 rings (SSSR count). The number of benzene rings is 1. The summed E-state index contributed by atoms with van der Waals surface area (Å²) in [4.78, 5) is 15.4. The van der Waals surface area contributed by atoms with Crippen LogP contribution in [0.15, 0.2) is 22.6 Å². The molecular weight excluding hydrogens is 261 g/mol. The molecule has 0 aliphatic carbocycles. The third-order valence-electron chi connectivity index (χ3n) is 2.92. The smallest absolute Gasteiger partial charge is 0.373 e. The lowest BCUT2D eigenvalue weighted by Gasteiger charge is -2.01. The van der Waals surface area contributed by atoms with Gasteiger partial charge in [-0.05, 0) is 37.0 Å². The Labute approximate surface area is 116 Å². The average molecular weight is 277 g/mol. The van der Waals surface area contributed by atoms with E-state index >= 15 is 0 Å². The molecule has 5 heteroatoms. The summed E-state index contributed by atoms with van der Waals surface area (Å²) in [6, 6.07) is 4.25. The van der Waals surface area contributed by atoms with Crippen LogP contribution in [0.5, 0.6) is 0 Å². The third-order valence-corrected chi connectivity index (χ3v) is 2.92. The van der Waals surface area contributed by atoms with Crippen LogP contribution in [-0.4, -0.2) is 16.1 Å². The molecule has 1 aromatic carbocycles. The molecule has 0 saturated heterocycles. The van der Waals surface area contributed by atoms with Gasteiger partial charge in [0.15, 0.2) is 0 Å². The fourth-order valence-electron chi connectivity index (χ4n) is 1.98. The molecule has 1 N–H and O–H groups in total. The van der Waals surface area contributed by atoms with Gasteiger partial charge < -0.3 is 9.52 Å². The Morgan fingerprint density at radius 1 is 1.45 bits per heavy atom. The van der Waals surface area contributed by atoms with Crippen LogP contribution >= 0.6 is 0 Å². The van der Waals surface area contributed by atoms with Gasteiger partial charge in [-0.1, -0.05) is 19.9 Å². The van der Waals surface area contributed by atoms with Crippen LogP contribution in [0.25, 0.3) is 11.5 Å². The van der Waals surface area contributed by atoms with E-state index in [4.69, 9.17) is 9.52 Å². The van der Waals surface area contributed by atoms with Gasteiger partial charge in [-0.15, -0.1) is 0 Å². The van der Waals surface area contributed by atoms with Crippen LogP contribution in [0.4, 0.5) is 4.39 Å². The van der Waals surface area contributed by atoms with Gasteiger partial charge in [-0.2, -0.15) is 0 Å². The monoisotopic (exact) mass is 277 g/mol. The van der Waals surface area contributed by atoms with Gasteiger partial charge in [0.1, 0.15) is 5.82 Å². The fraction of sp³-hybridized carbons (Fsp3) is 0.333. The minimum Gasteiger partial charge on any atom is -0.475 e. The Hall–Kier alpha value is -2.17. The van der Waals surface area contributed by atoms with E-state index in [2.05, 4.69) is 4.98 Å². The molecule has 0 saturated carbocycles. The maximum absolute atomic E-state index is 13.3. The van der Waals surface area contributed by atoms with Crippen molar-refractivity contribution in [1.29, 1.82) is 0 Å². The Morgan fingerprint density at radius 2 is 2.15 bits per heavy atom. The molecular formula is C15H16FNO3. The molecule has 106 valence electrons. The van der Waals surface area contributed by atoms with Crippen LogP contribution in [-0.2, 0) is 6.42 Å². The first-order valence-electron chi connectivity index (χ1n) is 6.38. The highest BCUT2D eigenvalue weighted by molar-refractivity contribution is 5.86. The van der Waals surface area contributed by atoms with E-state index in [9.17, 15) is 9.18 Å². The maximum atomic E-state index is 13.3. The maximum Gasteiger partial charge on any atom is 0.373 e. The summed E-state index contributed by atoms with van der Waals surface area (Å²) < 4.78 is 18.6. The summed E-state index contributed by atoms with van der Waals surface area (Å²) in [6.45, 7) is 5.72. The Morgan fingerprint density at radius 3 is 2.75 bits per heavy atom. The van der Waals surface area contributed by atoms with Crippen molar-refractivity contribution in [2.24, 2.45) is 5.92 Å². The predicted octanol–water partition coefficient (Wildman–Crippen LogP) is 3.69. The van der Waals surface area contributed by atoms with Crippen LogP contribution in [0.3, 0.4) is 0 Å². The second-order valence-electron chi connectivity index (χ2n) is 5.16. The summed E-state index contributed by atoms with van der Waals surface area (Å²) in [5.41, 5.74) is 1.65. The average Bonchev–Trinajstić information content (AvgIpc) is 2.75. The van der Waals surface area contributed by atoms with E-state index in [1.165, 1.54) is 12.1 Å². The first-order chi connectivity index (χ1) is 9.38. The number of carboxylic acid groups (broad SMARTS) is 1. The number of oxazole rings is 1. The summed E-state index contributed by atoms with van der Waals surface area (Å²) in [6.07, 6.45) is 0.500. The molecule has 0 aliphatic rings. The first kappa shape index (κ1) is 14.2. The topological polar surface area (TPSA) is 63.3 Å². The molecule has 4 nitrogen and oxygen atoms in total. The van der Waals surface area contributed by atoms with Crippen molar-refractivity contribution >= 4 is 5.97 Å². The zero-order chi connectivity index (χ0) is 14.9. The second kappa shape index (κ2) is 5.45. The van der Waals surface area contributed by atoms with Crippen LogP contribution < -0.4 is 0 Å². The van der Waals surface area contributed by atoms with E-state index in [1.807, 2.05) is 13.8 Å². The Balaban J connectivity index is 2.52. The molecule has 2 aromatic rings. The van der Waals surface area contributed by atoms with Gasteiger partial charge in [0, 0.05) is 5.56 Å². The fourth-order valence-corrected chi connectivity index (χ4v) is 1.98. The SMILES string of the molecule is Cc1ccc(F)cc1-c1nc(CC(C)C)c(C(=O)O)o1. The minimum atomic E-state index is -1.16. The number of hydrogen-bond acceptors (Lipinski definition) is 3. The zero-order valence-corrected chi connectivity index (χ0v) is 11.6. The van der Waals surface area contributed by atoms with Crippen molar-refractivity contribution in [3.8, 4) is 11.5 Å². The number of aromatic nitrogens is 1. The molecule has 1 aromatic heterocycles. The van der Waals surface area contributed by atoms with Crippen molar-refractivity contribution in [2.75, 3.05) is 0 Å². The lowest BCUT2D eigenvalue weighted by Crippen LogP contribution is -2.03. The highest BCUT2D eigenvalue weighted by Crippen LogP contribution is 2.27. The highest BCUT2D eigenvalue weighted by Gasteiger charge is 2.21. The molecule has 20 heavy (non-hydrogen) atoms. The number of carbonyl (C=O) groups is 1. The van der Waals surface area contributed by atoms with Crippen LogP contribution in [0.2, 0.25) is 0 Å². The number of hydrogen-bond donors (Lipinski definition) is 1. The van der Waals surface area contributed by atoms with E-state index in [0.717, 1.165) is 5.56 Å². The van der Waals surface area contributed by atoms with Crippen molar-refractivity contribution in [2.45, 2.75) is 27.2 Å². The van der Waals surface area contributed by atoms with Crippen molar-refractivity contribution in [3.63, 3.8) is 0 Å². The number of nitrogens with zero attached hydrogens (tertiary/aromatic N) is 1. The molecule has 0 atom stereocenters. The van der Waals surface area contributed by atoms with Gasteiger partial charge in [-0.25, -0.2) is 14.2 Å². The van der Waals surface area contributed by atoms with Crippen LogP contribution in [0.1, 0.15) is 35.7 Å². The van der Waals surface area contributed by atoms with Crippen molar-refractivity contribution in [3.05, 3.63) is 41.0 Å². The van der Waals surface area contributed by atoms with E-state index in [1.54, 1.807) is 13.0 Å². The lowest BCUT2D eigenvalue weighted by atomic mass is 10.1. The van der Waals surface area contributed by atoms with Gasteiger partial charge in [-0.3, -0.25) is 0 Å². The minimum absolute atomic E-state index is 0.148. The quantitative estimate of drug-likeness (QED) is 0.925. The molecule has 0 aliphatic heterocycles. The summed E-state index contributed by atoms with van der Waals surface area (Å²) in [7, 11) is 0. The molecule has 0 unspecified atom stereocenters. The lowest BCUT2D eigenvalue weighted by molar-refractivity contribution is 0.0661. The molecule has 0 spiro atoms. The van der Waals surface area contributed by atoms with Gasteiger partial charge >= 0.3 is 5.97 Å². The Bertz CT molecular complexity index is 647. The van der Waals surface area contributed by atoms with Crippen molar-refractivity contribution < 1.29 is 18.7 Å². The number of rotatable bonds is 4.